The van der Waals surface area contributed by atoms with Crippen molar-refractivity contribution in [2.24, 2.45) is 17.8 Å². The highest BCUT2D eigenvalue weighted by atomic mass is 32.2. The van der Waals surface area contributed by atoms with Crippen LogP contribution in [-0.2, 0) is 0 Å². The van der Waals surface area contributed by atoms with Gasteiger partial charge >= 0.3 is 0 Å². The van der Waals surface area contributed by atoms with Gasteiger partial charge in [0.25, 0.3) is 0 Å². The maximum atomic E-state index is 5.78. The topological polar surface area (TPSA) is 26.0 Å². The molecule has 1 aromatic rings. The first-order valence-corrected chi connectivity index (χ1v) is 8.07. The number of nitrogen functional groups attached to an aromatic ring is 1. The molecule has 0 aliphatic heterocycles. The molecule has 0 heterocycles. The van der Waals surface area contributed by atoms with Gasteiger partial charge in [-0.05, 0) is 80.5 Å². The quantitative estimate of drug-likeness (QED) is 0.800. The summed E-state index contributed by atoms with van der Waals surface area (Å²) >= 11 is 2.15. The van der Waals surface area contributed by atoms with Gasteiger partial charge in [-0.1, -0.05) is 0 Å². The minimum Gasteiger partial charge on any atom is -0.399 e. The van der Waals surface area contributed by atoms with Gasteiger partial charge in [-0.15, -0.1) is 11.8 Å². The molecule has 4 saturated carbocycles. The highest BCUT2D eigenvalue weighted by molar-refractivity contribution is 8.00. The van der Waals surface area contributed by atoms with Crippen LogP contribution in [0.15, 0.2) is 29.2 Å². The molecule has 0 atom stereocenters. The molecule has 96 valence electrons. The van der Waals surface area contributed by atoms with Gasteiger partial charge in [-0.2, -0.15) is 0 Å². The zero-order valence-electron chi connectivity index (χ0n) is 10.8. The molecule has 0 unspecified atom stereocenters. The molecule has 4 fully saturated rings. The summed E-state index contributed by atoms with van der Waals surface area (Å²) in [7, 11) is 0. The monoisotopic (exact) mass is 259 g/mol. The third-order valence-electron chi connectivity index (χ3n) is 5.20. The average molecular weight is 259 g/mol. The fourth-order valence-corrected chi connectivity index (χ4v) is 6.67. The summed E-state index contributed by atoms with van der Waals surface area (Å²) < 4.78 is 0.574. The van der Waals surface area contributed by atoms with Crippen LogP contribution in [0.2, 0.25) is 0 Å². The predicted octanol–water partition coefficient (Wildman–Crippen LogP) is 4.33. The first-order valence-electron chi connectivity index (χ1n) is 7.25. The smallest absolute Gasteiger partial charge is 0.0314 e. The van der Waals surface area contributed by atoms with Crippen LogP contribution in [0.5, 0.6) is 0 Å². The summed E-state index contributed by atoms with van der Waals surface area (Å²) in [6.45, 7) is 0. The number of nitrogens with two attached hydrogens (primary N) is 1. The minimum atomic E-state index is 0.574. The molecule has 4 aliphatic rings. The lowest BCUT2D eigenvalue weighted by Gasteiger charge is -2.56. The zero-order chi connectivity index (χ0) is 12.2. The van der Waals surface area contributed by atoms with Gasteiger partial charge in [0.2, 0.25) is 0 Å². The van der Waals surface area contributed by atoms with E-state index in [4.69, 9.17) is 5.73 Å². The van der Waals surface area contributed by atoms with Crippen LogP contribution in [0.1, 0.15) is 38.5 Å². The lowest BCUT2D eigenvalue weighted by molar-refractivity contribution is 0.0383. The van der Waals surface area contributed by atoms with Gasteiger partial charge < -0.3 is 5.73 Å². The molecule has 0 radical (unpaired) electrons. The zero-order valence-corrected chi connectivity index (χ0v) is 11.6. The van der Waals surface area contributed by atoms with Gasteiger partial charge in [0.15, 0.2) is 0 Å². The van der Waals surface area contributed by atoms with Crippen molar-refractivity contribution in [3.8, 4) is 0 Å². The second kappa shape index (κ2) is 3.93. The predicted molar refractivity (Wildman–Crippen MR) is 77.6 cm³/mol. The first-order chi connectivity index (χ1) is 8.71. The van der Waals surface area contributed by atoms with Crippen molar-refractivity contribution in [2.75, 3.05) is 5.73 Å². The van der Waals surface area contributed by atoms with Gasteiger partial charge in [0.05, 0.1) is 0 Å². The Labute approximate surface area is 114 Å². The summed E-state index contributed by atoms with van der Waals surface area (Å²) in [6.07, 6.45) is 8.99. The van der Waals surface area contributed by atoms with Crippen LogP contribution in [0.25, 0.3) is 0 Å². The Morgan fingerprint density at radius 1 is 0.889 bits per heavy atom. The molecule has 0 spiro atoms. The Hall–Kier alpha value is -0.630. The number of thioether (sulfide) groups is 1. The highest BCUT2D eigenvalue weighted by Crippen LogP contribution is 2.61. The van der Waals surface area contributed by atoms with Crippen LogP contribution >= 0.6 is 11.8 Å². The van der Waals surface area contributed by atoms with E-state index in [-0.39, 0.29) is 0 Å². The van der Waals surface area contributed by atoms with E-state index in [2.05, 4.69) is 23.9 Å². The average Bonchev–Trinajstić information content (AvgIpc) is 2.30. The molecular formula is C16H21NS. The van der Waals surface area contributed by atoms with E-state index in [0.29, 0.717) is 4.75 Å². The van der Waals surface area contributed by atoms with Gasteiger partial charge in [-0.3, -0.25) is 0 Å². The normalized spacial score (nSPS) is 41.2. The van der Waals surface area contributed by atoms with Gasteiger partial charge in [0.1, 0.15) is 0 Å². The van der Waals surface area contributed by atoms with Crippen molar-refractivity contribution in [1.29, 1.82) is 0 Å². The Morgan fingerprint density at radius 2 is 1.39 bits per heavy atom. The molecule has 2 heteroatoms. The molecule has 4 aliphatic carbocycles. The summed E-state index contributed by atoms with van der Waals surface area (Å²) in [5, 5.41) is 0. The van der Waals surface area contributed by atoms with E-state index in [9.17, 15) is 0 Å². The van der Waals surface area contributed by atoms with Crippen molar-refractivity contribution in [1.82, 2.24) is 0 Å². The number of rotatable bonds is 2. The maximum absolute atomic E-state index is 5.78. The van der Waals surface area contributed by atoms with Gasteiger partial charge in [-0.25, -0.2) is 0 Å². The minimum absolute atomic E-state index is 0.574. The molecule has 4 bridgehead atoms. The molecule has 0 aromatic heterocycles. The molecule has 5 rings (SSSR count). The lowest BCUT2D eigenvalue weighted by Crippen LogP contribution is -2.48. The van der Waals surface area contributed by atoms with Gasteiger partial charge in [0, 0.05) is 15.3 Å². The SMILES string of the molecule is Nc1ccc(SC23CC4CC(CC(C4)C2)C3)cc1. The lowest BCUT2D eigenvalue weighted by atomic mass is 9.56. The largest absolute Gasteiger partial charge is 0.399 e. The van der Waals surface area contributed by atoms with E-state index in [1.165, 1.54) is 43.4 Å². The molecule has 1 aromatic carbocycles. The standard InChI is InChI=1S/C16H21NS/c17-14-1-3-15(4-2-14)18-16-8-11-5-12(9-16)7-13(6-11)10-16/h1-4,11-13H,5-10,17H2. The first kappa shape index (κ1) is 11.2. The molecule has 18 heavy (non-hydrogen) atoms. The summed E-state index contributed by atoms with van der Waals surface area (Å²) in [5.74, 6) is 3.12. The van der Waals surface area contributed by atoms with Crippen molar-refractivity contribution in [3.05, 3.63) is 24.3 Å². The van der Waals surface area contributed by atoms with E-state index in [0.717, 1.165) is 23.4 Å². The van der Waals surface area contributed by atoms with E-state index in [1.54, 1.807) is 0 Å². The Kier molecular flexibility index (Phi) is 2.45. The van der Waals surface area contributed by atoms with E-state index >= 15 is 0 Å². The van der Waals surface area contributed by atoms with Crippen LogP contribution in [0.4, 0.5) is 5.69 Å². The van der Waals surface area contributed by atoms with E-state index < -0.39 is 0 Å². The number of anilines is 1. The Balaban J connectivity index is 1.58. The second-order valence-electron chi connectivity index (χ2n) is 6.77. The van der Waals surface area contributed by atoms with Crippen molar-refractivity contribution in [3.63, 3.8) is 0 Å². The molecular weight excluding hydrogens is 238 g/mol. The number of hydrogen-bond acceptors (Lipinski definition) is 2. The summed E-state index contributed by atoms with van der Waals surface area (Å²) in [6, 6.07) is 8.50. The second-order valence-corrected chi connectivity index (χ2v) is 8.31. The van der Waals surface area contributed by atoms with Crippen molar-refractivity contribution >= 4 is 17.4 Å². The summed E-state index contributed by atoms with van der Waals surface area (Å²) in [4.78, 5) is 1.42. The van der Waals surface area contributed by atoms with Crippen molar-refractivity contribution in [2.45, 2.75) is 48.2 Å². The van der Waals surface area contributed by atoms with Crippen LogP contribution in [0.3, 0.4) is 0 Å². The number of benzene rings is 1. The maximum Gasteiger partial charge on any atom is 0.0314 e. The molecule has 1 nitrogen and oxygen atoms in total. The fraction of sp³-hybridized carbons (Fsp3) is 0.625. The molecule has 2 N–H and O–H groups in total. The molecule has 0 saturated heterocycles. The number of hydrogen-bond donors (Lipinski definition) is 1. The fourth-order valence-electron chi connectivity index (χ4n) is 4.94. The molecule has 0 amide bonds. The Bertz CT molecular complexity index is 415. The van der Waals surface area contributed by atoms with Crippen molar-refractivity contribution < 1.29 is 0 Å². The third-order valence-corrected chi connectivity index (χ3v) is 6.64. The third kappa shape index (κ3) is 1.85. The van der Waals surface area contributed by atoms with Crippen LogP contribution < -0.4 is 5.73 Å². The van der Waals surface area contributed by atoms with Crippen LogP contribution in [0, 0.1) is 17.8 Å². The van der Waals surface area contributed by atoms with Crippen LogP contribution in [-0.4, -0.2) is 4.75 Å². The Morgan fingerprint density at radius 3 is 1.89 bits per heavy atom. The van der Waals surface area contributed by atoms with E-state index in [1.807, 2.05) is 12.1 Å². The summed E-state index contributed by atoms with van der Waals surface area (Å²) in [5.41, 5.74) is 6.66. The highest BCUT2D eigenvalue weighted by Gasteiger charge is 2.51.